The Balaban J connectivity index is 1.49. The second kappa shape index (κ2) is 10.6. The Labute approximate surface area is 196 Å². The molecule has 2 saturated heterocycles. The van der Waals surface area contributed by atoms with Crippen molar-refractivity contribution in [2.75, 3.05) is 38.3 Å². The summed E-state index contributed by atoms with van der Waals surface area (Å²) in [5.41, 5.74) is 2.41. The average Bonchev–Trinajstić information content (AvgIpc) is 3.37. The number of fused-ring (bicyclic) bond motifs is 1. The van der Waals surface area contributed by atoms with E-state index in [-0.39, 0.29) is 18.2 Å². The average molecular weight is 473 g/mol. The number of ether oxygens (including phenoxy) is 4. The van der Waals surface area contributed by atoms with Gasteiger partial charge in [-0.15, -0.1) is 10.2 Å². The number of aromatic nitrogens is 4. The molecule has 11 heteroatoms. The van der Waals surface area contributed by atoms with Crippen molar-refractivity contribution in [2.45, 2.75) is 44.4 Å². The molecule has 33 heavy (non-hydrogen) atoms. The monoisotopic (exact) mass is 472 g/mol. The summed E-state index contributed by atoms with van der Waals surface area (Å²) in [7, 11) is 0. The lowest BCUT2D eigenvalue weighted by Gasteiger charge is -2.31. The molecular weight excluding hydrogens is 444 g/mol. The van der Waals surface area contributed by atoms with Crippen molar-refractivity contribution in [3.8, 4) is 11.5 Å². The highest BCUT2D eigenvalue weighted by Crippen LogP contribution is 2.37. The Morgan fingerprint density at radius 3 is 2.88 bits per heavy atom. The second-order valence-corrected chi connectivity index (χ2v) is 8.87. The van der Waals surface area contributed by atoms with Gasteiger partial charge < -0.3 is 29.6 Å². The smallest absolute Gasteiger partial charge is 0.211 e. The van der Waals surface area contributed by atoms with Crippen molar-refractivity contribution < 1.29 is 18.9 Å². The molecule has 4 heterocycles. The maximum atomic E-state index is 6.48. The zero-order valence-electron chi connectivity index (χ0n) is 18.5. The Morgan fingerprint density at radius 1 is 1.21 bits per heavy atom. The third-order valence-corrected chi connectivity index (χ3v) is 6.42. The molecule has 2 aliphatic heterocycles. The second-order valence-electron chi connectivity index (χ2n) is 8.04. The molecule has 176 valence electrons. The molecule has 0 aliphatic carbocycles. The van der Waals surface area contributed by atoms with Crippen molar-refractivity contribution in [2.24, 2.45) is 0 Å². The summed E-state index contributed by atoms with van der Waals surface area (Å²) in [6, 6.07) is 4.02. The SMILES string of the molecule is CCC(Oc1cc(OC2CCOCC2)c2c(Nc3nncs3)ncnc2c1)C1COCCN1. The van der Waals surface area contributed by atoms with Gasteiger partial charge in [0.15, 0.2) is 0 Å². The van der Waals surface area contributed by atoms with Gasteiger partial charge in [-0.2, -0.15) is 0 Å². The van der Waals surface area contributed by atoms with Gasteiger partial charge in [-0.25, -0.2) is 9.97 Å². The van der Waals surface area contributed by atoms with Crippen LogP contribution in [0.5, 0.6) is 11.5 Å². The highest BCUT2D eigenvalue weighted by Gasteiger charge is 2.26. The molecule has 2 fully saturated rings. The lowest BCUT2D eigenvalue weighted by molar-refractivity contribution is 0.0240. The van der Waals surface area contributed by atoms with Crippen LogP contribution in [0.1, 0.15) is 26.2 Å². The van der Waals surface area contributed by atoms with Gasteiger partial charge >= 0.3 is 0 Å². The number of hydrogen-bond donors (Lipinski definition) is 2. The summed E-state index contributed by atoms with van der Waals surface area (Å²) >= 11 is 1.40. The predicted octanol–water partition coefficient (Wildman–Crippen LogP) is 2.93. The van der Waals surface area contributed by atoms with Crippen molar-refractivity contribution in [1.29, 1.82) is 0 Å². The fourth-order valence-corrected chi connectivity index (χ4v) is 4.58. The molecule has 10 nitrogen and oxygen atoms in total. The van der Waals surface area contributed by atoms with Crippen LogP contribution in [0.15, 0.2) is 24.0 Å². The van der Waals surface area contributed by atoms with Gasteiger partial charge in [0.1, 0.15) is 41.4 Å². The fourth-order valence-electron chi connectivity index (χ4n) is 4.14. The summed E-state index contributed by atoms with van der Waals surface area (Å²) in [6.45, 7) is 5.69. The Kier molecular flexibility index (Phi) is 7.10. The fraction of sp³-hybridized carbons (Fsp3) is 0.545. The van der Waals surface area contributed by atoms with Gasteiger partial charge in [0.05, 0.1) is 43.4 Å². The molecule has 1 aromatic carbocycles. The molecule has 2 N–H and O–H groups in total. The normalized spacial score (nSPS) is 20.5. The van der Waals surface area contributed by atoms with E-state index in [9.17, 15) is 0 Å². The number of morpholine rings is 1. The van der Waals surface area contributed by atoms with E-state index < -0.39 is 0 Å². The molecule has 0 radical (unpaired) electrons. The third kappa shape index (κ3) is 5.32. The van der Waals surface area contributed by atoms with Crippen molar-refractivity contribution in [3.05, 3.63) is 24.0 Å². The molecule has 0 spiro atoms. The number of benzene rings is 1. The first-order valence-electron chi connectivity index (χ1n) is 11.3. The van der Waals surface area contributed by atoms with Crippen LogP contribution in [0.3, 0.4) is 0 Å². The third-order valence-electron chi connectivity index (χ3n) is 5.81. The van der Waals surface area contributed by atoms with E-state index in [0.717, 1.165) is 43.3 Å². The molecule has 2 aliphatic rings. The van der Waals surface area contributed by atoms with Crippen LogP contribution in [0.25, 0.3) is 10.9 Å². The molecule has 2 unspecified atom stereocenters. The van der Waals surface area contributed by atoms with Crippen LogP contribution in [0.4, 0.5) is 10.9 Å². The number of nitrogens with zero attached hydrogens (tertiary/aromatic N) is 4. The molecule has 0 amide bonds. The van der Waals surface area contributed by atoms with Gasteiger partial charge in [0.2, 0.25) is 5.13 Å². The van der Waals surface area contributed by atoms with Crippen molar-refractivity contribution in [3.63, 3.8) is 0 Å². The summed E-state index contributed by atoms with van der Waals surface area (Å²) in [6.07, 6.45) is 4.08. The molecular formula is C22H28N6O4S. The first-order chi connectivity index (χ1) is 16.3. The summed E-state index contributed by atoms with van der Waals surface area (Å²) in [4.78, 5) is 8.98. The van der Waals surface area contributed by atoms with Gasteiger partial charge in [-0.1, -0.05) is 18.3 Å². The van der Waals surface area contributed by atoms with Crippen LogP contribution in [-0.4, -0.2) is 71.4 Å². The summed E-state index contributed by atoms with van der Waals surface area (Å²) in [5.74, 6) is 2.02. The van der Waals surface area contributed by atoms with Gasteiger partial charge in [-0.3, -0.25) is 0 Å². The molecule has 5 rings (SSSR count). The lowest BCUT2D eigenvalue weighted by atomic mass is 10.1. The zero-order valence-corrected chi connectivity index (χ0v) is 19.3. The molecule has 0 bridgehead atoms. The van der Waals surface area contributed by atoms with E-state index >= 15 is 0 Å². The topological polar surface area (TPSA) is 113 Å². The van der Waals surface area contributed by atoms with Gasteiger partial charge in [-0.05, 0) is 6.42 Å². The highest BCUT2D eigenvalue weighted by molar-refractivity contribution is 7.13. The first-order valence-corrected chi connectivity index (χ1v) is 12.2. The number of hydrogen-bond acceptors (Lipinski definition) is 11. The van der Waals surface area contributed by atoms with Crippen LogP contribution >= 0.6 is 11.3 Å². The van der Waals surface area contributed by atoms with E-state index in [2.05, 4.69) is 37.7 Å². The number of nitrogens with one attached hydrogen (secondary N) is 2. The predicted molar refractivity (Wildman–Crippen MR) is 125 cm³/mol. The highest BCUT2D eigenvalue weighted by atomic mass is 32.1. The zero-order chi connectivity index (χ0) is 22.5. The van der Waals surface area contributed by atoms with Gasteiger partial charge in [0, 0.05) is 31.5 Å². The van der Waals surface area contributed by atoms with E-state index in [4.69, 9.17) is 18.9 Å². The minimum atomic E-state index is -0.0282. The van der Waals surface area contributed by atoms with Crippen molar-refractivity contribution >= 4 is 33.2 Å². The van der Waals surface area contributed by atoms with E-state index in [0.29, 0.717) is 42.3 Å². The van der Waals surface area contributed by atoms with E-state index in [1.165, 1.54) is 17.7 Å². The molecule has 2 atom stereocenters. The summed E-state index contributed by atoms with van der Waals surface area (Å²) in [5, 5.41) is 16.2. The lowest BCUT2D eigenvalue weighted by Crippen LogP contribution is -2.50. The van der Waals surface area contributed by atoms with Crippen LogP contribution in [-0.2, 0) is 9.47 Å². The Bertz CT molecular complexity index is 1040. The largest absolute Gasteiger partial charge is 0.489 e. The van der Waals surface area contributed by atoms with Crippen LogP contribution in [0, 0.1) is 0 Å². The number of anilines is 2. The van der Waals surface area contributed by atoms with Crippen molar-refractivity contribution in [1.82, 2.24) is 25.5 Å². The van der Waals surface area contributed by atoms with Crippen LogP contribution in [0.2, 0.25) is 0 Å². The Hall–Kier alpha value is -2.60. The molecule has 0 saturated carbocycles. The maximum absolute atomic E-state index is 6.48. The number of rotatable bonds is 8. The summed E-state index contributed by atoms with van der Waals surface area (Å²) < 4.78 is 24.1. The van der Waals surface area contributed by atoms with E-state index in [1.807, 2.05) is 12.1 Å². The molecule has 3 aromatic rings. The first kappa shape index (κ1) is 22.2. The maximum Gasteiger partial charge on any atom is 0.211 e. The standard InChI is InChI=1S/C22H28N6O4S/c1-2-18(17-11-30-8-5-23-17)32-15-9-16-20(19(10-15)31-14-3-6-29-7-4-14)21(25-12-24-16)27-22-28-26-13-33-22/h9-10,12-14,17-18,23H,2-8,11H2,1H3,(H,24,25,27,28). The minimum Gasteiger partial charge on any atom is -0.489 e. The van der Waals surface area contributed by atoms with Crippen LogP contribution < -0.4 is 20.1 Å². The Morgan fingerprint density at radius 2 is 2.12 bits per heavy atom. The van der Waals surface area contributed by atoms with E-state index in [1.54, 1.807) is 5.51 Å². The molecule has 2 aromatic heterocycles. The quantitative estimate of drug-likeness (QED) is 0.507. The minimum absolute atomic E-state index is 0.0282. The van der Waals surface area contributed by atoms with Gasteiger partial charge in [0.25, 0.3) is 0 Å².